The first-order chi connectivity index (χ1) is 11.7. The first-order valence-electron chi connectivity index (χ1n) is 7.10. The average molecular weight is 354 g/mol. The molecule has 8 heteroatoms. The van der Waals surface area contributed by atoms with Gasteiger partial charge in [-0.1, -0.05) is 18.2 Å². The lowest BCUT2D eigenvalue weighted by molar-refractivity contribution is -0.137. The van der Waals surface area contributed by atoms with Crippen LogP contribution >= 0.6 is 0 Å². The van der Waals surface area contributed by atoms with Crippen molar-refractivity contribution in [2.45, 2.75) is 18.7 Å². The molecular formula is C17H14F4N2O2. The third-order valence-corrected chi connectivity index (χ3v) is 3.48. The van der Waals surface area contributed by atoms with Gasteiger partial charge in [0.1, 0.15) is 5.82 Å². The summed E-state index contributed by atoms with van der Waals surface area (Å²) in [5, 5.41) is 24.1. The van der Waals surface area contributed by atoms with E-state index in [1.165, 1.54) is 24.3 Å². The van der Waals surface area contributed by atoms with E-state index in [1.54, 1.807) is 0 Å². The van der Waals surface area contributed by atoms with Crippen LogP contribution in [0.15, 0.2) is 42.5 Å². The maximum atomic E-state index is 13.9. The molecule has 0 saturated heterocycles. The second-order valence-corrected chi connectivity index (χ2v) is 5.19. The first-order valence-corrected chi connectivity index (χ1v) is 7.10. The van der Waals surface area contributed by atoms with E-state index in [9.17, 15) is 22.7 Å². The average Bonchev–Trinajstić information content (AvgIpc) is 2.54. The number of alkyl halides is 3. The molecule has 3 N–H and O–H groups in total. The van der Waals surface area contributed by atoms with Gasteiger partial charge in [0.2, 0.25) is 0 Å². The zero-order valence-corrected chi connectivity index (χ0v) is 12.8. The van der Waals surface area contributed by atoms with Crippen molar-refractivity contribution in [3.05, 3.63) is 59.4 Å². The van der Waals surface area contributed by atoms with Gasteiger partial charge in [-0.2, -0.15) is 13.2 Å². The van der Waals surface area contributed by atoms with Crippen LogP contribution in [-0.2, 0) is 10.9 Å². The smallest absolute Gasteiger partial charge is 0.416 e. The number of ether oxygens (including phenoxy) is 1. The molecule has 4 nitrogen and oxygen atoms in total. The van der Waals surface area contributed by atoms with Crippen LogP contribution in [0.25, 0.3) is 11.1 Å². The minimum absolute atomic E-state index is 0.115. The Morgan fingerprint density at radius 3 is 2.28 bits per heavy atom. The number of rotatable bonds is 5. The van der Waals surface area contributed by atoms with Gasteiger partial charge in [0.05, 0.1) is 18.1 Å². The van der Waals surface area contributed by atoms with E-state index >= 15 is 0 Å². The largest absolute Gasteiger partial charge is 0.433 e. The molecule has 0 aliphatic rings. The van der Waals surface area contributed by atoms with Gasteiger partial charge in [0.15, 0.2) is 12.3 Å². The van der Waals surface area contributed by atoms with Crippen LogP contribution in [0, 0.1) is 16.6 Å². The van der Waals surface area contributed by atoms with Crippen LogP contribution in [0.3, 0.4) is 0 Å². The summed E-state index contributed by atoms with van der Waals surface area (Å²) in [5.74, 6) is -1.13. The highest BCUT2D eigenvalue weighted by molar-refractivity contribution is 5.80. The lowest BCUT2D eigenvalue weighted by Gasteiger charge is -2.14. The van der Waals surface area contributed by atoms with Crippen LogP contribution in [-0.4, -0.2) is 17.4 Å². The summed E-state index contributed by atoms with van der Waals surface area (Å²) < 4.78 is 56.2. The van der Waals surface area contributed by atoms with Gasteiger partial charge >= 0.3 is 6.18 Å². The summed E-state index contributed by atoms with van der Waals surface area (Å²) in [5.41, 5.74) is -0.0671. The molecule has 2 aromatic rings. The molecule has 0 fully saturated rings. The molecule has 2 rings (SSSR count). The Bertz CT molecular complexity index is 773. The Labute approximate surface area is 140 Å². The lowest BCUT2D eigenvalue weighted by Crippen LogP contribution is -2.10. The molecule has 1 atom stereocenters. The molecule has 0 aromatic heterocycles. The summed E-state index contributed by atoms with van der Waals surface area (Å²) in [7, 11) is 0. The van der Waals surface area contributed by atoms with Gasteiger partial charge in [0, 0.05) is 5.56 Å². The summed E-state index contributed by atoms with van der Waals surface area (Å²) in [6.07, 6.45) is -5.66. The van der Waals surface area contributed by atoms with E-state index in [2.05, 4.69) is 4.74 Å². The molecule has 0 heterocycles. The molecule has 0 aliphatic carbocycles. The van der Waals surface area contributed by atoms with E-state index in [-0.39, 0.29) is 12.0 Å². The minimum atomic E-state index is -4.45. The third-order valence-electron chi connectivity index (χ3n) is 3.48. The maximum Gasteiger partial charge on any atom is 0.416 e. The molecule has 0 bridgehead atoms. The fraction of sp³-hybridized carbons (Fsp3) is 0.176. The van der Waals surface area contributed by atoms with Crippen molar-refractivity contribution in [3.63, 3.8) is 0 Å². The van der Waals surface area contributed by atoms with Crippen LogP contribution in [0.1, 0.15) is 23.7 Å². The van der Waals surface area contributed by atoms with Gasteiger partial charge in [-0.25, -0.2) is 4.39 Å². The first kappa shape index (κ1) is 18.6. The second kappa shape index (κ2) is 7.43. The molecule has 2 aromatic carbocycles. The van der Waals surface area contributed by atoms with Crippen molar-refractivity contribution in [2.75, 3.05) is 0 Å². The van der Waals surface area contributed by atoms with Gasteiger partial charge in [-0.3, -0.25) is 10.8 Å². The van der Waals surface area contributed by atoms with E-state index in [0.717, 1.165) is 18.2 Å². The zero-order valence-electron chi connectivity index (χ0n) is 12.8. The molecule has 0 amide bonds. The fourth-order valence-corrected chi connectivity index (χ4v) is 2.24. The lowest BCUT2D eigenvalue weighted by atomic mass is 9.98. The van der Waals surface area contributed by atoms with Gasteiger partial charge < -0.3 is 9.84 Å². The molecule has 0 saturated carbocycles. The monoisotopic (exact) mass is 354 g/mol. The molecule has 0 spiro atoms. The van der Waals surface area contributed by atoms with Crippen molar-refractivity contribution >= 4 is 12.3 Å². The fourth-order valence-electron chi connectivity index (χ4n) is 2.24. The van der Waals surface area contributed by atoms with Crippen molar-refractivity contribution in [1.82, 2.24) is 0 Å². The Kier molecular flexibility index (Phi) is 5.53. The number of halogens is 4. The second-order valence-electron chi connectivity index (χ2n) is 5.19. The van der Waals surface area contributed by atoms with E-state index in [1.807, 2.05) is 0 Å². The van der Waals surface area contributed by atoms with Gasteiger partial charge in [-0.05, 0) is 35.4 Å². The van der Waals surface area contributed by atoms with Crippen LogP contribution in [0.5, 0.6) is 0 Å². The van der Waals surface area contributed by atoms with Crippen LogP contribution < -0.4 is 0 Å². The maximum absolute atomic E-state index is 13.9. The number of hydrogen-bond acceptors (Lipinski definition) is 4. The predicted molar refractivity (Wildman–Crippen MR) is 84.0 cm³/mol. The van der Waals surface area contributed by atoms with Crippen LogP contribution in [0.4, 0.5) is 17.6 Å². The summed E-state index contributed by atoms with van der Waals surface area (Å²) >= 11 is 0. The highest BCUT2D eigenvalue weighted by Gasteiger charge is 2.30. The number of aliphatic hydroxyl groups excluding tert-OH is 1. The topological polar surface area (TPSA) is 77.2 Å². The van der Waals surface area contributed by atoms with Crippen molar-refractivity contribution in [1.29, 1.82) is 10.8 Å². The van der Waals surface area contributed by atoms with Crippen molar-refractivity contribution in [3.8, 4) is 11.1 Å². The van der Waals surface area contributed by atoms with Crippen molar-refractivity contribution in [2.24, 2.45) is 0 Å². The Morgan fingerprint density at radius 2 is 1.72 bits per heavy atom. The predicted octanol–water partition coefficient (Wildman–Crippen LogP) is 4.54. The molecule has 132 valence electrons. The number of benzene rings is 2. The molecular weight excluding hydrogens is 340 g/mol. The quantitative estimate of drug-likeness (QED) is 0.419. The molecule has 1 unspecified atom stereocenters. The Hall–Kier alpha value is -2.74. The van der Waals surface area contributed by atoms with Gasteiger partial charge in [-0.15, -0.1) is 0 Å². The summed E-state index contributed by atoms with van der Waals surface area (Å²) in [6.45, 7) is 0. The minimum Gasteiger partial charge on any atom is -0.433 e. The van der Waals surface area contributed by atoms with E-state index in [0.29, 0.717) is 17.5 Å². The normalized spacial score (nSPS) is 12.5. The highest BCUT2D eigenvalue weighted by Crippen LogP contribution is 2.32. The highest BCUT2D eigenvalue weighted by atomic mass is 19.4. The molecule has 25 heavy (non-hydrogen) atoms. The zero-order chi connectivity index (χ0) is 18.6. The number of nitrogens with one attached hydrogen (secondary N) is 2. The Balaban J connectivity index is 2.29. The standard InChI is InChI=1S/C17H14F4N2O2/c18-14-6-3-11(7-13(14)15(24)8-16(23)25-9-22)10-1-4-12(5-2-10)17(19,20)21/h1-7,9,15,22-24H,8H2. The number of aliphatic hydroxyl groups is 1. The molecule has 0 radical (unpaired) electrons. The van der Waals surface area contributed by atoms with Gasteiger partial charge in [0.25, 0.3) is 0 Å². The van der Waals surface area contributed by atoms with Crippen molar-refractivity contribution < 1.29 is 27.4 Å². The van der Waals surface area contributed by atoms with E-state index in [4.69, 9.17) is 10.8 Å². The number of hydrogen-bond donors (Lipinski definition) is 3. The Morgan fingerprint density at radius 1 is 1.12 bits per heavy atom. The van der Waals surface area contributed by atoms with E-state index < -0.39 is 29.6 Å². The summed E-state index contributed by atoms with van der Waals surface area (Å²) in [6, 6.07) is 8.13. The molecule has 0 aliphatic heterocycles. The van der Waals surface area contributed by atoms with Crippen LogP contribution in [0.2, 0.25) is 0 Å². The SMILES string of the molecule is N=COC(=N)CC(O)c1cc(-c2ccc(C(F)(F)F)cc2)ccc1F. The summed E-state index contributed by atoms with van der Waals surface area (Å²) in [4.78, 5) is 0. The third kappa shape index (κ3) is 4.63.